The molecule has 1 atom stereocenters. The van der Waals surface area contributed by atoms with Crippen molar-refractivity contribution in [2.45, 2.75) is 32.8 Å². The van der Waals surface area contributed by atoms with Gasteiger partial charge in [-0.15, -0.1) is 24.0 Å². The molecule has 1 fully saturated rings. The van der Waals surface area contributed by atoms with Gasteiger partial charge in [0.15, 0.2) is 17.5 Å². The van der Waals surface area contributed by atoms with Gasteiger partial charge in [-0.3, -0.25) is 0 Å². The molecule has 0 spiro atoms. The van der Waals surface area contributed by atoms with Crippen LogP contribution in [-0.2, 0) is 0 Å². The van der Waals surface area contributed by atoms with Gasteiger partial charge >= 0.3 is 0 Å². The minimum Gasteiger partial charge on any atom is -0.486 e. The van der Waals surface area contributed by atoms with E-state index in [-0.39, 0.29) is 41.6 Å². The molecule has 2 N–H and O–H groups in total. The summed E-state index contributed by atoms with van der Waals surface area (Å²) >= 11 is 0. The number of ether oxygens (including phenoxy) is 1. The van der Waals surface area contributed by atoms with E-state index in [0.717, 1.165) is 25.0 Å². The SMILES string of the molecule is CCNC(=NCC(C)Oc1ccccc1F)NCC1CC1.I. The van der Waals surface area contributed by atoms with Crippen molar-refractivity contribution in [1.29, 1.82) is 0 Å². The van der Waals surface area contributed by atoms with Crippen molar-refractivity contribution >= 4 is 29.9 Å². The Morgan fingerprint density at radius 2 is 2.09 bits per heavy atom. The Morgan fingerprint density at radius 3 is 2.73 bits per heavy atom. The second-order valence-corrected chi connectivity index (χ2v) is 5.40. The number of hydrogen-bond acceptors (Lipinski definition) is 2. The van der Waals surface area contributed by atoms with Gasteiger partial charge in [-0.25, -0.2) is 9.38 Å². The van der Waals surface area contributed by atoms with Gasteiger partial charge in [0.05, 0.1) is 6.54 Å². The van der Waals surface area contributed by atoms with E-state index in [1.165, 1.54) is 18.9 Å². The number of para-hydroxylation sites is 1. The third-order valence-corrected chi connectivity index (χ3v) is 3.27. The number of hydrogen-bond donors (Lipinski definition) is 2. The van der Waals surface area contributed by atoms with E-state index in [9.17, 15) is 4.39 Å². The Morgan fingerprint density at radius 1 is 1.36 bits per heavy atom. The van der Waals surface area contributed by atoms with Gasteiger partial charge in [-0.2, -0.15) is 0 Å². The number of rotatable bonds is 7. The van der Waals surface area contributed by atoms with Gasteiger partial charge in [0.2, 0.25) is 0 Å². The smallest absolute Gasteiger partial charge is 0.191 e. The second kappa shape index (κ2) is 9.86. The first-order chi connectivity index (χ1) is 10.2. The summed E-state index contributed by atoms with van der Waals surface area (Å²) in [5.74, 6) is 1.53. The number of guanidine groups is 1. The molecule has 124 valence electrons. The largest absolute Gasteiger partial charge is 0.486 e. The molecule has 1 aliphatic rings. The molecule has 0 heterocycles. The number of nitrogens with one attached hydrogen (secondary N) is 2. The van der Waals surface area contributed by atoms with Crippen molar-refractivity contribution in [1.82, 2.24) is 10.6 Å². The Labute approximate surface area is 148 Å². The molecule has 0 radical (unpaired) electrons. The molecule has 0 aromatic heterocycles. The van der Waals surface area contributed by atoms with Gasteiger partial charge in [-0.05, 0) is 44.7 Å². The van der Waals surface area contributed by atoms with Crippen LogP contribution in [0.25, 0.3) is 0 Å². The van der Waals surface area contributed by atoms with Crippen LogP contribution in [0.2, 0.25) is 0 Å². The highest BCUT2D eigenvalue weighted by atomic mass is 127. The fraction of sp³-hybridized carbons (Fsp3) is 0.562. The maximum atomic E-state index is 13.5. The fourth-order valence-corrected chi connectivity index (χ4v) is 1.92. The van der Waals surface area contributed by atoms with Crippen molar-refractivity contribution in [3.8, 4) is 5.75 Å². The Hall–Kier alpha value is -1.05. The van der Waals surface area contributed by atoms with E-state index < -0.39 is 0 Å². The molecule has 1 aromatic rings. The Bertz CT molecular complexity index is 480. The molecule has 22 heavy (non-hydrogen) atoms. The molecule has 1 unspecified atom stereocenters. The average molecular weight is 421 g/mol. The normalized spacial score (nSPS) is 15.7. The van der Waals surface area contributed by atoms with Crippen molar-refractivity contribution < 1.29 is 9.13 Å². The monoisotopic (exact) mass is 421 g/mol. The summed E-state index contributed by atoms with van der Waals surface area (Å²) in [5.41, 5.74) is 0. The molecule has 4 nitrogen and oxygen atoms in total. The molecule has 0 aliphatic heterocycles. The number of halogens is 2. The Balaban J connectivity index is 0.00000242. The van der Waals surface area contributed by atoms with Crippen molar-refractivity contribution in [3.63, 3.8) is 0 Å². The van der Waals surface area contributed by atoms with Gasteiger partial charge in [0.25, 0.3) is 0 Å². The standard InChI is InChI=1S/C16H24FN3O.HI/c1-3-18-16(20-11-13-8-9-13)19-10-12(2)21-15-7-5-4-6-14(15)17;/h4-7,12-13H,3,8-11H2,1-2H3,(H2,18,19,20);1H. The molecule has 0 saturated heterocycles. The van der Waals surface area contributed by atoms with E-state index in [0.29, 0.717) is 6.54 Å². The maximum absolute atomic E-state index is 13.5. The van der Waals surface area contributed by atoms with E-state index in [4.69, 9.17) is 4.74 Å². The highest BCUT2D eigenvalue weighted by Gasteiger charge is 2.21. The maximum Gasteiger partial charge on any atom is 0.191 e. The first kappa shape index (κ1) is 19.0. The first-order valence-electron chi connectivity index (χ1n) is 7.62. The van der Waals surface area contributed by atoms with Crippen LogP contribution in [0, 0.1) is 11.7 Å². The summed E-state index contributed by atoms with van der Waals surface area (Å²) in [6.07, 6.45) is 2.43. The zero-order valence-corrected chi connectivity index (χ0v) is 15.5. The van der Waals surface area contributed by atoms with E-state index in [1.807, 2.05) is 13.8 Å². The van der Waals surface area contributed by atoms with E-state index in [1.54, 1.807) is 18.2 Å². The third-order valence-electron chi connectivity index (χ3n) is 3.27. The summed E-state index contributed by atoms with van der Waals surface area (Å²) in [6, 6.07) is 6.43. The summed E-state index contributed by atoms with van der Waals surface area (Å²) in [5, 5.41) is 6.53. The minimum atomic E-state index is -0.341. The van der Waals surface area contributed by atoms with Crippen LogP contribution in [0.4, 0.5) is 4.39 Å². The molecule has 0 amide bonds. The zero-order chi connectivity index (χ0) is 15.1. The highest BCUT2D eigenvalue weighted by Crippen LogP contribution is 2.27. The van der Waals surface area contributed by atoms with Crippen LogP contribution in [0.5, 0.6) is 5.75 Å². The second-order valence-electron chi connectivity index (χ2n) is 5.40. The third kappa shape index (κ3) is 6.81. The predicted molar refractivity (Wildman–Crippen MR) is 98.6 cm³/mol. The van der Waals surface area contributed by atoms with Gasteiger partial charge in [0, 0.05) is 13.1 Å². The summed E-state index contributed by atoms with van der Waals surface area (Å²) in [6.45, 7) is 6.19. The highest BCUT2D eigenvalue weighted by molar-refractivity contribution is 14.0. The topological polar surface area (TPSA) is 45.7 Å². The molecular weight excluding hydrogens is 396 g/mol. The van der Waals surface area contributed by atoms with Gasteiger partial charge in [0.1, 0.15) is 6.10 Å². The number of aliphatic imine (C=N–C) groups is 1. The summed E-state index contributed by atoms with van der Waals surface area (Å²) < 4.78 is 19.1. The average Bonchev–Trinajstić information content (AvgIpc) is 3.29. The summed E-state index contributed by atoms with van der Waals surface area (Å²) in [4.78, 5) is 4.49. The zero-order valence-electron chi connectivity index (χ0n) is 13.1. The van der Waals surface area contributed by atoms with Crippen molar-refractivity contribution in [2.75, 3.05) is 19.6 Å². The van der Waals surface area contributed by atoms with Crippen LogP contribution in [0.3, 0.4) is 0 Å². The molecule has 0 bridgehead atoms. The summed E-state index contributed by atoms with van der Waals surface area (Å²) in [7, 11) is 0. The van der Waals surface area contributed by atoms with Crippen LogP contribution in [0.15, 0.2) is 29.3 Å². The van der Waals surface area contributed by atoms with E-state index in [2.05, 4.69) is 15.6 Å². The quantitative estimate of drug-likeness (QED) is 0.404. The van der Waals surface area contributed by atoms with Crippen LogP contribution >= 0.6 is 24.0 Å². The fourth-order valence-electron chi connectivity index (χ4n) is 1.92. The van der Waals surface area contributed by atoms with Crippen molar-refractivity contribution in [3.05, 3.63) is 30.1 Å². The predicted octanol–water partition coefficient (Wildman–Crippen LogP) is 3.18. The minimum absolute atomic E-state index is 0. The molecule has 1 aromatic carbocycles. The lowest BCUT2D eigenvalue weighted by molar-refractivity contribution is 0.220. The lowest BCUT2D eigenvalue weighted by Gasteiger charge is -2.15. The molecule has 6 heteroatoms. The van der Waals surface area contributed by atoms with Crippen molar-refractivity contribution in [2.24, 2.45) is 10.9 Å². The lowest BCUT2D eigenvalue weighted by Crippen LogP contribution is -2.39. The molecule has 2 rings (SSSR count). The lowest BCUT2D eigenvalue weighted by atomic mass is 10.3. The molecule has 1 aliphatic carbocycles. The number of benzene rings is 1. The van der Waals surface area contributed by atoms with Gasteiger partial charge < -0.3 is 15.4 Å². The molecule has 1 saturated carbocycles. The van der Waals surface area contributed by atoms with E-state index >= 15 is 0 Å². The van der Waals surface area contributed by atoms with Crippen LogP contribution in [-0.4, -0.2) is 31.7 Å². The number of nitrogens with zero attached hydrogens (tertiary/aromatic N) is 1. The first-order valence-corrected chi connectivity index (χ1v) is 7.62. The van der Waals surface area contributed by atoms with Gasteiger partial charge in [-0.1, -0.05) is 12.1 Å². The Kier molecular flexibility index (Phi) is 8.52. The van der Waals surface area contributed by atoms with Crippen LogP contribution < -0.4 is 15.4 Å². The van der Waals surface area contributed by atoms with Crippen LogP contribution in [0.1, 0.15) is 26.7 Å². The molecular formula is C16H25FIN3O.